The molecule has 3 heterocycles. The Labute approximate surface area is 200 Å². The number of hydrogen-bond donors (Lipinski definition) is 2. The summed E-state index contributed by atoms with van der Waals surface area (Å²) < 4.78 is 5.18. The van der Waals surface area contributed by atoms with Crippen molar-refractivity contribution in [1.82, 2.24) is 10.2 Å². The fourth-order valence-corrected chi connectivity index (χ4v) is 5.46. The van der Waals surface area contributed by atoms with Crippen LogP contribution in [0.3, 0.4) is 0 Å². The minimum absolute atomic E-state index is 0.108. The summed E-state index contributed by atoms with van der Waals surface area (Å²) in [7, 11) is 0. The van der Waals surface area contributed by atoms with Gasteiger partial charge >= 0.3 is 11.9 Å². The Bertz CT molecular complexity index is 1180. The lowest BCUT2D eigenvalue weighted by Gasteiger charge is -2.50. The van der Waals surface area contributed by atoms with E-state index in [0.717, 1.165) is 21.5 Å². The number of benzene rings is 1. The van der Waals surface area contributed by atoms with Crippen molar-refractivity contribution >= 4 is 52.5 Å². The van der Waals surface area contributed by atoms with Crippen molar-refractivity contribution in [1.29, 1.82) is 0 Å². The molecule has 2 aromatic rings. The number of rotatable bonds is 8. The average Bonchev–Trinajstić information content (AvgIpc) is 3.33. The molecule has 11 nitrogen and oxygen atoms in total. The molecule has 0 spiro atoms. The van der Waals surface area contributed by atoms with E-state index in [0.29, 0.717) is 5.56 Å². The van der Waals surface area contributed by atoms with Crippen LogP contribution in [-0.4, -0.2) is 56.1 Å². The summed E-state index contributed by atoms with van der Waals surface area (Å²) in [6, 6.07) is 6.52. The molecule has 4 rings (SSSR count). The number of amides is 2. The molecule has 3 atom stereocenters. The zero-order valence-corrected chi connectivity index (χ0v) is 18.9. The van der Waals surface area contributed by atoms with Gasteiger partial charge in [0.1, 0.15) is 18.0 Å². The lowest BCUT2D eigenvalue weighted by Crippen LogP contribution is -2.74. The summed E-state index contributed by atoms with van der Waals surface area (Å²) in [6.45, 7) is -0.232. The lowest BCUT2D eigenvalue weighted by atomic mass is 9.98. The van der Waals surface area contributed by atoms with Crippen molar-refractivity contribution in [3.8, 4) is 0 Å². The van der Waals surface area contributed by atoms with E-state index in [4.69, 9.17) is 4.74 Å². The number of nitro benzene ring substituents is 1. The molecule has 1 saturated heterocycles. The molecule has 2 unspecified atom stereocenters. The van der Waals surface area contributed by atoms with Crippen LogP contribution in [0, 0.1) is 10.1 Å². The summed E-state index contributed by atoms with van der Waals surface area (Å²) >= 11 is 2.46. The van der Waals surface area contributed by atoms with E-state index in [9.17, 15) is 34.4 Å². The molecular formula is C21H17N3O8S2. The number of carboxylic acid groups (broad SMARTS) is 1. The average molecular weight is 504 g/mol. The highest BCUT2D eigenvalue weighted by molar-refractivity contribution is 8.03. The first-order valence-corrected chi connectivity index (χ1v) is 11.7. The van der Waals surface area contributed by atoms with Crippen molar-refractivity contribution in [2.24, 2.45) is 0 Å². The molecule has 13 heteroatoms. The number of carboxylic acids is 1. The second-order valence-corrected chi connectivity index (χ2v) is 9.41. The van der Waals surface area contributed by atoms with E-state index >= 15 is 0 Å². The molecule has 2 aliphatic rings. The van der Waals surface area contributed by atoms with E-state index < -0.39 is 40.2 Å². The van der Waals surface area contributed by atoms with Crippen molar-refractivity contribution in [2.75, 3.05) is 0 Å². The first kappa shape index (κ1) is 23.4. The maximum absolute atomic E-state index is 12.7. The number of carbonyl (C=O) groups is 4. The van der Waals surface area contributed by atoms with Gasteiger partial charge in [0.05, 0.1) is 16.9 Å². The molecule has 1 fully saturated rings. The molecule has 0 saturated carbocycles. The number of nitrogens with zero attached hydrogens (tertiary/aromatic N) is 2. The van der Waals surface area contributed by atoms with Crippen LogP contribution in [0.4, 0.5) is 5.69 Å². The second kappa shape index (κ2) is 9.65. The number of carbonyl (C=O) groups excluding carboxylic acids is 3. The number of thiophene rings is 1. The van der Waals surface area contributed by atoms with Gasteiger partial charge in [0.2, 0.25) is 11.8 Å². The Morgan fingerprint density at radius 2 is 1.94 bits per heavy atom. The minimum atomic E-state index is -1.55. The molecular weight excluding hydrogens is 486 g/mol. The zero-order valence-electron chi connectivity index (χ0n) is 17.3. The number of non-ortho nitro benzene ring substituents is 1. The van der Waals surface area contributed by atoms with Gasteiger partial charge in [0.25, 0.3) is 5.69 Å². The predicted octanol–water partition coefficient (Wildman–Crippen LogP) is 1.68. The van der Waals surface area contributed by atoms with Gasteiger partial charge in [-0.25, -0.2) is 9.59 Å². The molecule has 2 amide bonds. The summed E-state index contributed by atoms with van der Waals surface area (Å²) in [5, 5.41) is 25.6. The van der Waals surface area contributed by atoms with Crippen molar-refractivity contribution in [3.63, 3.8) is 0 Å². The highest BCUT2D eigenvalue weighted by Crippen LogP contribution is 2.40. The third-order valence-electron chi connectivity index (χ3n) is 5.21. The van der Waals surface area contributed by atoms with E-state index in [-0.39, 0.29) is 30.2 Å². The van der Waals surface area contributed by atoms with Crippen LogP contribution in [0.15, 0.2) is 52.8 Å². The third-order valence-corrected chi connectivity index (χ3v) is 7.25. The third kappa shape index (κ3) is 4.65. The van der Waals surface area contributed by atoms with Crippen LogP contribution >= 0.6 is 23.1 Å². The molecule has 0 bridgehead atoms. The first-order valence-electron chi connectivity index (χ1n) is 9.89. The highest BCUT2D eigenvalue weighted by Gasteiger charge is 2.57. The Kier molecular flexibility index (Phi) is 6.65. The van der Waals surface area contributed by atoms with E-state index in [1.54, 1.807) is 6.07 Å². The molecule has 34 heavy (non-hydrogen) atoms. The number of fused-ring (bicyclic) bond motifs is 1. The van der Waals surface area contributed by atoms with Crippen LogP contribution < -0.4 is 5.32 Å². The smallest absolute Gasteiger partial charge is 0.337 e. The monoisotopic (exact) mass is 503 g/mol. The zero-order chi connectivity index (χ0) is 24.4. The van der Waals surface area contributed by atoms with Gasteiger partial charge in [0.15, 0.2) is 6.04 Å². The quantitative estimate of drug-likeness (QED) is 0.237. The largest absolute Gasteiger partial charge is 0.479 e. The van der Waals surface area contributed by atoms with Crippen molar-refractivity contribution in [2.45, 2.75) is 30.5 Å². The van der Waals surface area contributed by atoms with Crippen molar-refractivity contribution in [3.05, 3.63) is 73.3 Å². The van der Waals surface area contributed by atoms with Gasteiger partial charge in [-0.15, -0.1) is 23.1 Å². The molecule has 1 aromatic heterocycles. The van der Waals surface area contributed by atoms with Gasteiger partial charge in [-0.1, -0.05) is 6.07 Å². The highest BCUT2D eigenvalue weighted by atomic mass is 32.2. The first-order chi connectivity index (χ1) is 16.3. The summed E-state index contributed by atoms with van der Waals surface area (Å²) in [5.41, 5.74) is 0.139. The number of β-lactam (4-membered cyclic amide) rings is 1. The molecule has 176 valence electrons. The van der Waals surface area contributed by atoms with Gasteiger partial charge in [-0.3, -0.25) is 19.7 Å². The fraction of sp³-hybridized carbons (Fsp3) is 0.238. The number of ether oxygens (including phenoxy) is 1. The van der Waals surface area contributed by atoms with E-state index in [2.05, 4.69) is 5.32 Å². The van der Waals surface area contributed by atoms with E-state index in [1.807, 2.05) is 11.4 Å². The molecule has 0 radical (unpaired) electrons. The summed E-state index contributed by atoms with van der Waals surface area (Å²) in [4.78, 5) is 61.5. The van der Waals surface area contributed by atoms with Gasteiger partial charge in [0, 0.05) is 17.0 Å². The van der Waals surface area contributed by atoms with Crippen LogP contribution in [0.1, 0.15) is 10.4 Å². The number of nitro groups is 1. The Morgan fingerprint density at radius 3 is 2.56 bits per heavy atom. The normalized spacial score (nSPS) is 21.1. The molecule has 0 aliphatic carbocycles. The van der Waals surface area contributed by atoms with Gasteiger partial charge in [-0.05, 0) is 34.6 Å². The molecule has 2 N–H and O–H groups in total. The predicted molar refractivity (Wildman–Crippen MR) is 121 cm³/mol. The van der Waals surface area contributed by atoms with Crippen LogP contribution in [0.5, 0.6) is 0 Å². The Morgan fingerprint density at radius 1 is 1.21 bits per heavy atom. The standard InChI is InChI=1S/C21H17N3O8S2/c25-15(8-13-2-1-7-33-13)22-16-18(26)23-17(20(27)28)14(10-34-19(16)23)21(29)32-9-11-3-5-12(6-4-11)24(30)31/h1-7,10,16-17,19H,8-9H2,(H,22,25)(H,27,28)/t16?,17?,19-/m1/s1. The SMILES string of the molecule is O=C(Cc1cccs1)NC1C(=O)N2C(C(=O)O)C(C(=O)OCc3ccc([N+](=O)[O-])cc3)=CS[C@H]12. The van der Waals surface area contributed by atoms with E-state index in [1.165, 1.54) is 41.0 Å². The van der Waals surface area contributed by atoms with Crippen LogP contribution in [0.25, 0.3) is 0 Å². The second-order valence-electron chi connectivity index (χ2n) is 7.39. The Hall–Kier alpha value is -3.71. The van der Waals surface area contributed by atoms with Crippen LogP contribution in [0.2, 0.25) is 0 Å². The number of esters is 1. The summed E-state index contributed by atoms with van der Waals surface area (Å²) in [6.07, 6.45) is 0.108. The topological polar surface area (TPSA) is 156 Å². The maximum atomic E-state index is 12.7. The maximum Gasteiger partial charge on any atom is 0.337 e. The molecule has 1 aromatic carbocycles. The van der Waals surface area contributed by atoms with Gasteiger partial charge < -0.3 is 20.1 Å². The molecule has 2 aliphatic heterocycles. The Balaban J connectivity index is 1.41. The summed E-state index contributed by atoms with van der Waals surface area (Å²) in [5.74, 6) is -3.28. The number of thioether (sulfide) groups is 1. The van der Waals surface area contributed by atoms with Crippen molar-refractivity contribution < 1.29 is 33.9 Å². The number of hydrogen-bond acceptors (Lipinski definition) is 9. The van der Waals surface area contributed by atoms with Gasteiger partial charge in [-0.2, -0.15) is 0 Å². The number of nitrogens with one attached hydrogen (secondary N) is 1. The van der Waals surface area contributed by atoms with Crippen LogP contribution in [-0.2, 0) is 36.9 Å². The number of aliphatic carboxylic acids is 1. The lowest BCUT2D eigenvalue weighted by molar-refractivity contribution is -0.384. The fourth-order valence-electron chi connectivity index (χ4n) is 3.55. The minimum Gasteiger partial charge on any atom is -0.479 e.